The number of aromatic nitrogens is 2. The van der Waals surface area contributed by atoms with Gasteiger partial charge in [-0.25, -0.2) is 9.59 Å². The molecule has 2 atom stereocenters. The van der Waals surface area contributed by atoms with Gasteiger partial charge < -0.3 is 9.47 Å². The zero-order valence-electron chi connectivity index (χ0n) is 22.6. The molecule has 2 aromatic carbocycles. The quantitative estimate of drug-likeness (QED) is 0.250. The molecule has 10 heteroatoms. The third-order valence-corrected chi connectivity index (χ3v) is 7.37. The van der Waals surface area contributed by atoms with Crippen LogP contribution in [0.4, 0.5) is 11.4 Å². The average molecular weight is 561 g/mol. The molecule has 0 fully saturated rings. The van der Waals surface area contributed by atoms with Crippen LogP contribution < -0.4 is 9.80 Å². The Morgan fingerprint density at radius 3 is 1.36 bits per heavy atom. The van der Waals surface area contributed by atoms with Crippen LogP contribution in [-0.4, -0.2) is 33.7 Å². The van der Waals surface area contributed by atoms with Crippen molar-refractivity contribution < 1.29 is 28.7 Å². The fourth-order valence-corrected chi connectivity index (χ4v) is 5.53. The van der Waals surface area contributed by atoms with E-state index in [0.29, 0.717) is 33.6 Å². The molecule has 0 saturated heterocycles. The molecular formula is C32H24N4O6. The van der Waals surface area contributed by atoms with Gasteiger partial charge in [-0.3, -0.25) is 29.4 Å². The molecule has 6 rings (SSSR count). The van der Waals surface area contributed by atoms with Gasteiger partial charge in [-0.15, -0.1) is 0 Å². The van der Waals surface area contributed by atoms with E-state index in [1.807, 2.05) is 0 Å². The minimum Gasteiger partial charge on any atom is -0.431 e. The number of hydrogen-bond acceptors (Lipinski definition) is 8. The van der Waals surface area contributed by atoms with Crippen LogP contribution in [0.15, 0.2) is 110 Å². The summed E-state index contributed by atoms with van der Waals surface area (Å²) < 4.78 is 11.7. The van der Waals surface area contributed by atoms with E-state index >= 15 is 0 Å². The highest BCUT2D eigenvalue weighted by molar-refractivity contribution is 6.13. The third-order valence-electron chi connectivity index (χ3n) is 7.37. The summed E-state index contributed by atoms with van der Waals surface area (Å²) in [5, 5.41) is 0. The van der Waals surface area contributed by atoms with E-state index in [2.05, 4.69) is 9.97 Å². The maximum absolute atomic E-state index is 13.4. The largest absolute Gasteiger partial charge is 0.431 e. The number of carbonyl (C=O) groups is 4. The molecule has 0 spiro atoms. The summed E-state index contributed by atoms with van der Waals surface area (Å²) in [7, 11) is 0. The molecule has 2 aliphatic rings. The first-order valence-corrected chi connectivity index (χ1v) is 13.1. The second kappa shape index (κ2) is 10.1. The lowest BCUT2D eigenvalue weighted by molar-refractivity contribution is -0.154. The number of esters is 2. The normalized spacial score (nSPS) is 20.9. The molecule has 2 aliphatic heterocycles. The molecule has 2 aromatic heterocycles. The molecule has 0 bridgehead atoms. The molecule has 42 heavy (non-hydrogen) atoms. The summed E-state index contributed by atoms with van der Waals surface area (Å²) >= 11 is 0. The van der Waals surface area contributed by atoms with Gasteiger partial charge in [-0.05, 0) is 36.4 Å². The van der Waals surface area contributed by atoms with Crippen molar-refractivity contribution in [2.45, 2.75) is 25.3 Å². The van der Waals surface area contributed by atoms with Crippen LogP contribution in [-0.2, 0) is 30.5 Å². The highest BCUT2D eigenvalue weighted by Gasteiger charge is 2.51. The highest BCUT2D eigenvalue weighted by atomic mass is 16.6. The minimum atomic E-state index is -1.50. The molecular weight excluding hydrogens is 536 g/mol. The summed E-state index contributed by atoms with van der Waals surface area (Å²) in [5.74, 6) is -2.44. The third kappa shape index (κ3) is 4.21. The summed E-state index contributed by atoms with van der Waals surface area (Å²) in [6.45, 7) is 3.21. The Labute approximate surface area is 240 Å². The second-order valence-electron chi connectivity index (χ2n) is 9.92. The Kier molecular flexibility index (Phi) is 6.38. The van der Waals surface area contributed by atoms with Crippen LogP contribution in [0.3, 0.4) is 0 Å². The summed E-state index contributed by atoms with van der Waals surface area (Å²) in [6, 6.07) is 20.2. The molecule has 0 N–H and O–H groups in total. The van der Waals surface area contributed by atoms with E-state index in [9.17, 15) is 19.2 Å². The first kappa shape index (κ1) is 26.6. The van der Waals surface area contributed by atoms with Gasteiger partial charge in [0.1, 0.15) is 0 Å². The van der Waals surface area contributed by atoms with Crippen LogP contribution in [0.25, 0.3) is 0 Å². The van der Waals surface area contributed by atoms with E-state index in [-0.39, 0.29) is 11.8 Å². The van der Waals surface area contributed by atoms with E-state index in [0.717, 1.165) is 12.2 Å². The number of ether oxygens (including phenoxy) is 2. The van der Waals surface area contributed by atoms with Gasteiger partial charge in [0, 0.05) is 73.0 Å². The lowest BCUT2D eigenvalue weighted by Crippen LogP contribution is -2.45. The molecule has 4 aromatic rings. The van der Waals surface area contributed by atoms with Crippen molar-refractivity contribution in [3.8, 4) is 0 Å². The van der Waals surface area contributed by atoms with Crippen molar-refractivity contribution in [2.24, 2.45) is 0 Å². The first-order chi connectivity index (χ1) is 20.2. The Bertz CT molecular complexity index is 1630. The summed E-state index contributed by atoms with van der Waals surface area (Å²) in [4.78, 5) is 63.7. The molecule has 2 unspecified atom stereocenters. The lowest BCUT2D eigenvalue weighted by atomic mass is 10.0. The number of rotatable bonds is 6. The van der Waals surface area contributed by atoms with Crippen molar-refractivity contribution >= 4 is 35.1 Å². The number of amides is 2. The summed E-state index contributed by atoms with van der Waals surface area (Å²) in [5.41, 5.74) is -0.251. The smallest absolute Gasteiger partial charge is 0.333 e. The molecule has 208 valence electrons. The number of anilines is 2. The predicted molar refractivity (Wildman–Crippen MR) is 151 cm³/mol. The summed E-state index contributed by atoms with van der Waals surface area (Å²) in [6.07, 6.45) is 8.01. The van der Waals surface area contributed by atoms with Gasteiger partial charge in [0.2, 0.25) is 11.4 Å². The van der Waals surface area contributed by atoms with Crippen LogP contribution in [0, 0.1) is 0 Å². The van der Waals surface area contributed by atoms with Gasteiger partial charge in [0.05, 0.1) is 11.4 Å². The maximum atomic E-state index is 13.4. The average Bonchev–Trinajstić information content (AvgIpc) is 3.36. The van der Waals surface area contributed by atoms with Crippen molar-refractivity contribution in [3.05, 3.63) is 132 Å². The molecule has 2 amide bonds. The second-order valence-corrected chi connectivity index (χ2v) is 9.92. The topological polar surface area (TPSA) is 119 Å². The number of carbonyl (C=O) groups excluding carboxylic acids is 4. The highest BCUT2D eigenvalue weighted by Crippen LogP contribution is 2.44. The van der Waals surface area contributed by atoms with E-state index < -0.39 is 23.4 Å². The fraction of sp³-hybridized carbons (Fsp3) is 0.125. The van der Waals surface area contributed by atoms with Crippen molar-refractivity contribution in [1.29, 1.82) is 0 Å². The monoisotopic (exact) mass is 560 g/mol. The van der Waals surface area contributed by atoms with Crippen molar-refractivity contribution in [1.82, 2.24) is 9.97 Å². The van der Waals surface area contributed by atoms with E-state index in [1.54, 1.807) is 86.6 Å². The van der Waals surface area contributed by atoms with Crippen molar-refractivity contribution in [2.75, 3.05) is 9.80 Å². The Morgan fingerprint density at radius 2 is 0.976 bits per heavy atom. The molecule has 10 nitrogen and oxygen atoms in total. The van der Waals surface area contributed by atoms with Crippen LogP contribution >= 0.6 is 0 Å². The Balaban J connectivity index is 1.26. The molecule has 0 saturated carbocycles. The van der Waals surface area contributed by atoms with Crippen LogP contribution in [0.5, 0.6) is 0 Å². The van der Waals surface area contributed by atoms with Gasteiger partial charge in [0.15, 0.2) is 0 Å². The molecule has 4 heterocycles. The van der Waals surface area contributed by atoms with Crippen LogP contribution in [0.1, 0.15) is 45.7 Å². The van der Waals surface area contributed by atoms with Crippen molar-refractivity contribution in [3.63, 3.8) is 0 Å². The number of fused-ring (bicyclic) bond motifs is 2. The standard InChI is InChI=1S/C32H24N4O6/c1-31(25-9-5-3-7-23(25)29(39)35(31)21-13-17-33-18-14-21)41-27(37)11-12-28(38)42-32(2)26-10-6-4-8-24(26)30(40)36(32)22-15-19-34-20-16-22/h3-20H,1-2H3/b12-11+. The predicted octanol–water partition coefficient (Wildman–Crippen LogP) is 4.49. The van der Waals surface area contributed by atoms with Gasteiger partial charge in [-0.2, -0.15) is 0 Å². The molecule has 0 radical (unpaired) electrons. The zero-order chi connectivity index (χ0) is 29.5. The number of benzene rings is 2. The van der Waals surface area contributed by atoms with Gasteiger partial charge >= 0.3 is 11.9 Å². The number of pyridine rings is 2. The van der Waals surface area contributed by atoms with Gasteiger partial charge in [0.25, 0.3) is 11.8 Å². The van der Waals surface area contributed by atoms with Crippen LogP contribution in [0.2, 0.25) is 0 Å². The number of nitrogens with zero attached hydrogens (tertiary/aromatic N) is 4. The maximum Gasteiger partial charge on any atom is 0.333 e. The minimum absolute atomic E-state index is 0.343. The Hall–Kier alpha value is -5.64. The molecule has 0 aliphatic carbocycles. The SMILES string of the molecule is CC1(OC(=O)/C=C/C(=O)OC2(C)c3ccccc3C(=O)N2c2ccncc2)c2ccccc2C(=O)N1c1ccncc1. The number of hydrogen-bond donors (Lipinski definition) is 0. The fourth-order valence-electron chi connectivity index (χ4n) is 5.53. The Morgan fingerprint density at radius 1 is 0.619 bits per heavy atom. The lowest BCUT2D eigenvalue weighted by Gasteiger charge is -2.35. The van der Waals surface area contributed by atoms with E-state index in [4.69, 9.17) is 9.47 Å². The first-order valence-electron chi connectivity index (χ1n) is 13.1. The van der Waals surface area contributed by atoms with E-state index in [1.165, 1.54) is 34.6 Å². The zero-order valence-corrected chi connectivity index (χ0v) is 22.6. The van der Waals surface area contributed by atoms with Gasteiger partial charge in [-0.1, -0.05) is 36.4 Å².